The van der Waals surface area contributed by atoms with Crippen LogP contribution in [0.3, 0.4) is 0 Å². The average molecular weight is 287 g/mol. The van der Waals surface area contributed by atoms with E-state index in [2.05, 4.69) is 0 Å². The van der Waals surface area contributed by atoms with Crippen molar-refractivity contribution in [2.75, 3.05) is 0 Å². The van der Waals surface area contributed by atoms with Crippen LogP contribution in [-0.4, -0.2) is 23.9 Å². The molecule has 0 bridgehead atoms. The third kappa shape index (κ3) is 30.4. The molecule has 0 heterocycles. The fourth-order valence-corrected chi connectivity index (χ4v) is 0.391. The van der Waals surface area contributed by atoms with E-state index in [1.165, 1.54) is 6.92 Å². The van der Waals surface area contributed by atoms with Gasteiger partial charge in [-0.3, -0.25) is 0 Å². The molecule has 0 spiro atoms. The molecule has 0 radical (unpaired) electrons. The molecule has 0 amide bonds. The first kappa shape index (κ1) is 31.7. The summed E-state index contributed by atoms with van der Waals surface area (Å²) in [6, 6.07) is -1.21. The van der Waals surface area contributed by atoms with E-state index in [0.29, 0.717) is 0 Å². The van der Waals surface area contributed by atoms with E-state index in [4.69, 9.17) is 5.73 Å². The molecule has 0 saturated heterocycles. The van der Waals surface area contributed by atoms with Gasteiger partial charge in [0.2, 0.25) is 0 Å². The van der Waals surface area contributed by atoms with Crippen LogP contribution >= 0.6 is 0 Å². The summed E-state index contributed by atoms with van der Waals surface area (Å²) in [6.07, 6.45) is -0.389. The summed E-state index contributed by atoms with van der Waals surface area (Å²) in [6.45, 7) is 1.54. The second-order valence-electron chi connectivity index (χ2n) is 2.56. The fraction of sp³-hybridized carbons (Fsp3) is 0.625. The Bertz CT molecular complexity index is 239. The van der Waals surface area contributed by atoms with Crippen molar-refractivity contribution in [3.63, 3.8) is 0 Å². The molecule has 0 aliphatic rings. The maximum Gasteiger partial charge on any atom is 1.00 e. The zero-order valence-electron chi connectivity index (χ0n) is 11.2. The average Bonchev–Trinajstić information content (AvgIpc) is 2.14. The Balaban J connectivity index is -0.0000000621. The molecule has 0 aliphatic carbocycles. The van der Waals surface area contributed by atoms with Gasteiger partial charge in [0.15, 0.2) is 0 Å². The van der Waals surface area contributed by atoms with Gasteiger partial charge in [-0.1, -0.05) is 6.92 Å². The normalized spacial score (nSPS) is 9.00. The first-order valence-electron chi connectivity index (χ1n) is 4.17. The Labute approximate surface area is 172 Å². The summed E-state index contributed by atoms with van der Waals surface area (Å²) in [4.78, 5) is 28.9. The van der Waals surface area contributed by atoms with Gasteiger partial charge in [-0.05, 0) is 19.3 Å². The zero-order valence-corrected chi connectivity index (χ0v) is 17.2. The molecule has 0 rings (SSSR count). The van der Waals surface area contributed by atoms with Crippen LogP contribution in [0.5, 0.6) is 0 Å². The van der Waals surface area contributed by atoms with Crippen LogP contribution < -0.4 is 110 Å². The predicted octanol–water partition coefficient (Wildman–Crippen LogP) is -13.2. The maximum absolute atomic E-state index is 9.86. The molecule has 0 aromatic heterocycles. The molecule has 0 fully saturated rings. The first-order chi connectivity index (χ1) is 6.81. The Morgan fingerprint density at radius 1 is 1.00 bits per heavy atom. The van der Waals surface area contributed by atoms with Crippen LogP contribution in [-0.2, 0) is 14.4 Å². The summed E-state index contributed by atoms with van der Waals surface area (Å²) in [5.41, 5.74) is 4.91. The Morgan fingerprint density at radius 2 is 1.33 bits per heavy atom. The van der Waals surface area contributed by atoms with Crippen molar-refractivity contribution in [3.05, 3.63) is 0 Å². The third-order valence-corrected chi connectivity index (χ3v) is 1.25. The second-order valence-corrected chi connectivity index (χ2v) is 2.56. The van der Waals surface area contributed by atoms with Crippen molar-refractivity contribution in [1.29, 1.82) is 0 Å². The molecule has 0 saturated carbocycles. The molecule has 18 heavy (non-hydrogen) atoms. The Kier molecular flexibility index (Phi) is 36.4. The van der Waals surface area contributed by atoms with Crippen LogP contribution in [0.25, 0.3) is 0 Å². The van der Waals surface area contributed by atoms with Gasteiger partial charge in [0.05, 0.1) is 5.97 Å². The second kappa shape index (κ2) is 20.7. The molecule has 0 aromatic rings. The van der Waals surface area contributed by atoms with Crippen LogP contribution in [0.1, 0.15) is 26.2 Å². The topological polar surface area (TPSA) is 146 Å². The van der Waals surface area contributed by atoms with E-state index in [-0.39, 0.29) is 108 Å². The van der Waals surface area contributed by atoms with Gasteiger partial charge in [0.1, 0.15) is 0 Å². The van der Waals surface area contributed by atoms with E-state index >= 15 is 0 Å². The van der Waals surface area contributed by atoms with E-state index < -0.39 is 23.9 Å². The van der Waals surface area contributed by atoms with E-state index in [1.54, 1.807) is 0 Å². The van der Waals surface area contributed by atoms with E-state index in [0.717, 1.165) is 0 Å². The van der Waals surface area contributed by atoms with Crippen molar-refractivity contribution in [1.82, 2.24) is 0 Å². The molecular formula is C8H12NNa3O6. The maximum atomic E-state index is 9.86. The SMILES string of the molecule is CCC(=O)[O-].NC(CCC(=O)[O-])C(=O)[O-].[Na+].[Na+].[Na+]. The minimum absolute atomic E-state index is 0. The minimum Gasteiger partial charge on any atom is -0.550 e. The summed E-state index contributed by atoms with van der Waals surface area (Å²) in [5.74, 6) is -3.75. The molecule has 7 nitrogen and oxygen atoms in total. The summed E-state index contributed by atoms with van der Waals surface area (Å²) < 4.78 is 0. The van der Waals surface area contributed by atoms with Crippen LogP contribution in [0, 0.1) is 0 Å². The summed E-state index contributed by atoms with van der Waals surface area (Å²) in [5, 5.41) is 28.9. The van der Waals surface area contributed by atoms with Crippen molar-refractivity contribution in [2.45, 2.75) is 32.2 Å². The Morgan fingerprint density at radius 3 is 1.50 bits per heavy atom. The number of carbonyl (C=O) groups is 3. The minimum atomic E-state index is -1.44. The number of carboxylic acid groups (broad SMARTS) is 3. The standard InChI is InChI=1S/C5H9NO4.C3H6O2.3Na/c6-3(5(9)10)1-2-4(7)8;1-2-3(4)5;;;/h3H,1-2,6H2,(H,7,8)(H,9,10);2H2,1H3,(H,4,5);;;/q;;3*+1/p-3. The van der Waals surface area contributed by atoms with Crippen molar-refractivity contribution < 1.29 is 118 Å². The van der Waals surface area contributed by atoms with Gasteiger partial charge in [0, 0.05) is 18.0 Å². The molecule has 1 atom stereocenters. The smallest absolute Gasteiger partial charge is 0.550 e. The number of rotatable bonds is 5. The van der Waals surface area contributed by atoms with Crippen LogP contribution in [0.15, 0.2) is 0 Å². The summed E-state index contributed by atoms with van der Waals surface area (Å²) in [7, 11) is 0. The molecule has 10 heteroatoms. The van der Waals surface area contributed by atoms with Crippen LogP contribution in [0.2, 0.25) is 0 Å². The van der Waals surface area contributed by atoms with Crippen molar-refractivity contribution in [2.24, 2.45) is 5.73 Å². The fourth-order valence-electron chi connectivity index (χ4n) is 0.391. The first-order valence-corrected chi connectivity index (χ1v) is 4.17. The van der Waals surface area contributed by atoms with Gasteiger partial charge in [0.25, 0.3) is 0 Å². The molecule has 2 N–H and O–H groups in total. The molecule has 0 aliphatic heterocycles. The van der Waals surface area contributed by atoms with Gasteiger partial charge in [-0.15, -0.1) is 0 Å². The largest absolute Gasteiger partial charge is 1.00 e. The third-order valence-electron chi connectivity index (χ3n) is 1.25. The van der Waals surface area contributed by atoms with Crippen molar-refractivity contribution >= 4 is 17.9 Å². The number of carbonyl (C=O) groups excluding carboxylic acids is 3. The number of hydrogen-bond donors (Lipinski definition) is 1. The number of hydrogen-bond acceptors (Lipinski definition) is 7. The zero-order chi connectivity index (χ0) is 12.4. The molecule has 0 aromatic carbocycles. The van der Waals surface area contributed by atoms with Crippen LogP contribution in [0.4, 0.5) is 0 Å². The molecule has 1 unspecified atom stereocenters. The summed E-state index contributed by atoms with van der Waals surface area (Å²) >= 11 is 0. The van der Waals surface area contributed by atoms with Gasteiger partial charge >= 0.3 is 88.7 Å². The van der Waals surface area contributed by atoms with E-state index in [9.17, 15) is 29.7 Å². The van der Waals surface area contributed by atoms with Gasteiger partial charge in [-0.25, -0.2) is 0 Å². The Hall–Kier alpha value is 1.37. The number of carboxylic acids is 3. The monoisotopic (exact) mass is 287 g/mol. The molecule has 88 valence electrons. The number of nitrogens with two attached hydrogens (primary N) is 1. The number of aliphatic carboxylic acids is 3. The van der Waals surface area contributed by atoms with Crippen molar-refractivity contribution in [3.8, 4) is 0 Å². The van der Waals surface area contributed by atoms with Gasteiger partial charge in [-0.2, -0.15) is 0 Å². The molecular weight excluding hydrogens is 275 g/mol. The van der Waals surface area contributed by atoms with Gasteiger partial charge < -0.3 is 35.4 Å². The van der Waals surface area contributed by atoms with E-state index in [1.807, 2.05) is 0 Å². The predicted molar refractivity (Wildman–Crippen MR) is 42.5 cm³/mol. The quantitative estimate of drug-likeness (QED) is 0.494.